The summed E-state index contributed by atoms with van der Waals surface area (Å²) < 4.78 is 1.92. The molecule has 0 bridgehead atoms. The maximum atomic E-state index is 12.6. The van der Waals surface area contributed by atoms with E-state index in [1.54, 1.807) is 6.20 Å². The van der Waals surface area contributed by atoms with E-state index in [4.69, 9.17) is 0 Å². The van der Waals surface area contributed by atoms with Gasteiger partial charge in [-0.2, -0.15) is 10.2 Å². The Labute approximate surface area is 117 Å². The zero-order valence-electron chi connectivity index (χ0n) is 11.8. The fourth-order valence-corrected chi connectivity index (χ4v) is 2.80. The lowest BCUT2D eigenvalue weighted by Gasteiger charge is -2.24. The number of hydrogen-bond acceptors (Lipinski definition) is 3. The lowest BCUT2D eigenvalue weighted by molar-refractivity contribution is 0.0721. The molecule has 0 spiro atoms. The normalized spacial score (nSPS) is 18.7. The molecule has 1 N–H and O–H groups in total. The van der Waals surface area contributed by atoms with Gasteiger partial charge >= 0.3 is 0 Å². The van der Waals surface area contributed by atoms with E-state index in [1.807, 2.05) is 35.8 Å². The van der Waals surface area contributed by atoms with Crippen molar-refractivity contribution in [2.24, 2.45) is 0 Å². The second-order valence-electron chi connectivity index (χ2n) is 5.44. The number of nitrogens with one attached hydrogen (secondary N) is 1. The van der Waals surface area contributed by atoms with Crippen LogP contribution in [0, 0.1) is 13.8 Å². The van der Waals surface area contributed by atoms with Crippen LogP contribution in [0.5, 0.6) is 0 Å². The molecule has 0 aromatic carbocycles. The third-order valence-electron chi connectivity index (χ3n) is 3.86. The Morgan fingerprint density at radius 2 is 2.30 bits per heavy atom. The van der Waals surface area contributed by atoms with Gasteiger partial charge in [-0.25, -0.2) is 0 Å². The topological polar surface area (TPSA) is 66.8 Å². The van der Waals surface area contributed by atoms with Crippen LogP contribution in [0.1, 0.15) is 34.5 Å². The first-order chi connectivity index (χ1) is 9.65. The molecule has 0 aliphatic carbocycles. The molecule has 1 aliphatic heterocycles. The monoisotopic (exact) mass is 273 g/mol. The molecule has 1 saturated heterocycles. The molecule has 6 nitrogen and oxygen atoms in total. The molecule has 3 heterocycles. The van der Waals surface area contributed by atoms with Crippen LogP contribution in [-0.2, 0) is 6.54 Å². The Balaban J connectivity index is 1.75. The molecular weight excluding hydrogens is 254 g/mol. The summed E-state index contributed by atoms with van der Waals surface area (Å²) in [4.78, 5) is 14.5. The van der Waals surface area contributed by atoms with Gasteiger partial charge in [0.15, 0.2) is 0 Å². The number of carbonyl (C=O) groups excluding carboxylic acids is 1. The Morgan fingerprint density at radius 1 is 1.45 bits per heavy atom. The van der Waals surface area contributed by atoms with E-state index >= 15 is 0 Å². The van der Waals surface area contributed by atoms with Crippen molar-refractivity contribution in [3.8, 4) is 0 Å². The van der Waals surface area contributed by atoms with Crippen LogP contribution in [0.25, 0.3) is 0 Å². The van der Waals surface area contributed by atoms with Gasteiger partial charge in [0, 0.05) is 18.4 Å². The van der Waals surface area contributed by atoms with Crippen LogP contribution in [0.3, 0.4) is 0 Å². The molecule has 1 atom stereocenters. The first-order valence-electron chi connectivity index (χ1n) is 6.95. The minimum Gasteiger partial charge on any atom is -0.334 e. The quantitative estimate of drug-likeness (QED) is 0.922. The third-order valence-corrected chi connectivity index (χ3v) is 3.86. The molecule has 6 heteroatoms. The Kier molecular flexibility index (Phi) is 3.30. The summed E-state index contributed by atoms with van der Waals surface area (Å²) in [6, 6.07) is 0.219. The van der Waals surface area contributed by atoms with Gasteiger partial charge in [-0.05, 0) is 32.3 Å². The number of aromatic nitrogens is 4. The van der Waals surface area contributed by atoms with E-state index in [0.29, 0.717) is 5.56 Å². The molecule has 1 fully saturated rings. The van der Waals surface area contributed by atoms with E-state index in [-0.39, 0.29) is 11.9 Å². The second-order valence-corrected chi connectivity index (χ2v) is 5.44. The van der Waals surface area contributed by atoms with Crippen LogP contribution in [-0.4, -0.2) is 43.4 Å². The van der Waals surface area contributed by atoms with Crippen molar-refractivity contribution in [2.75, 3.05) is 6.54 Å². The molecule has 0 radical (unpaired) electrons. The van der Waals surface area contributed by atoms with E-state index in [2.05, 4.69) is 15.3 Å². The van der Waals surface area contributed by atoms with Gasteiger partial charge in [0.05, 0.1) is 30.5 Å². The van der Waals surface area contributed by atoms with Gasteiger partial charge in [0.25, 0.3) is 5.91 Å². The van der Waals surface area contributed by atoms with E-state index in [1.165, 1.54) is 0 Å². The summed E-state index contributed by atoms with van der Waals surface area (Å²) in [5.74, 6) is 0.0719. The van der Waals surface area contributed by atoms with Crippen molar-refractivity contribution in [1.82, 2.24) is 24.9 Å². The van der Waals surface area contributed by atoms with E-state index < -0.39 is 0 Å². The lowest BCUT2D eigenvalue weighted by Crippen LogP contribution is -2.38. The van der Waals surface area contributed by atoms with Gasteiger partial charge in [0.2, 0.25) is 0 Å². The smallest absolute Gasteiger partial charge is 0.257 e. The summed E-state index contributed by atoms with van der Waals surface area (Å²) in [6.07, 6.45) is 7.56. The maximum Gasteiger partial charge on any atom is 0.257 e. The molecular formula is C14H19N5O. The van der Waals surface area contributed by atoms with Gasteiger partial charge in [-0.3, -0.25) is 14.6 Å². The first kappa shape index (κ1) is 12.9. The molecule has 2 aromatic heterocycles. The Hall–Kier alpha value is -2.11. The number of aryl methyl sites for hydroxylation is 2. The van der Waals surface area contributed by atoms with E-state index in [9.17, 15) is 4.79 Å². The average molecular weight is 273 g/mol. The van der Waals surface area contributed by atoms with Crippen LogP contribution in [0.15, 0.2) is 18.6 Å². The summed E-state index contributed by atoms with van der Waals surface area (Å²) in [5.41, 5.74) is 2.65. The molecule has 2 aromatic rings. The van der Waals surface area contributed by atoms with Crippen LogP contribution in [0.4, 0.5) is 0 Å². The fourth-order valence-electron chi connectivity index (χ4n) is 2.80. The maximum absolute atomic E-state index is 12.6. The van der Waals surface area contributed by atoms with Crippen LogP contribution in [0.2, 0.25) is 0 Å². The van der Waals surface area contributed by atoms with Crippen molar-refractivity contribution >= 4 is 5.91 Å². The number of carbonyl (C=O) groups is 1. The highest BCUT2D eigenvalue weighted by Crippen LogP contribution is 2.22. The number of H-pyrrole nitrogens is 1. The minimum atomic E-state index is 0.0719. The number of rotatable bonds is 3. The zero-order valence-corrected chi connectivity index (χ0v) is 11.8. The van der Waals surface area contributed by atoms with Crippen LogP contribution >= 0.6 is 0 Å². The standard InChI is InChI=1S/C14H19N5O/c1-10-6-16-18(8-10)9-12-4-3-5-19(12)14(20)13-7-15-17-11(13)2/h6-8,12H,3-5,9H2,1-2H3,(H,15,17)/t12-/m1/s1. The number of nitrogens with zero attached hydrogens (tertiary/aromatic N) is 4. The Morgan fingerprint density at radius 3 is 2.95 bits per heavy atom. The van der Waals surface area contributed by atoms with Gasteiger partial charge in [0.1, 0.15) is 0 Å². The predicted octanol–water partition coefficient (Wildman–Crippen LogP) is 1.53. The lowest BCUT2D eigenvalue weighted by atomic mass is 10.2. The number of hydrogen-bond donors (Lipinski definition) is 1. The summed E-state index contributed by atoms with van der Waals surface area (Å²) in [7, 11) is 0. The van der Waals surface area contributed by atoms with Gasteiger partial charge in [-0.1, -0.05) is 0 Å². The largest absolute Gasteiger partial charge is 0.334 e. The van der Waals surface area contributed by atoms with E-state index in [0.717, 1.165) is 37.2 Å². The molecule has 106 valence electrons. The molecule has 1 amide bonds. The SMILES string of the molecule is Cc1cnn(C[C@H]2CCCN2C(=O)c2cn[nH]c2C)c1. The highest BCUT2D eigenvalue weighted by molar-refractivity contribution is 5.95. The number of aromatic amines is 1. The fraction of sp³-hybridized carbons (Fsp3) is 0.500. The first-order valence-corrected chi connectivity index (χ1v) is 6.95. The van der Waals surface area contributed by atoms with Crippen molar-refractivity contribution in [3.63, 3.8) is 0 Å². The van der Waals surface area contributed by atoms with Crippen molar-refractivity contribution < 1.29 is 4.79 Å². The molecule has 1 aliphatic rings. The summed E-state index contributed by atoms with van der Waals surface area (Å²) in [6.45, 7) is 5.48. The molecule has 20 heavy (non-hydrogen) atoms. The highest BCUT2D eigenvalue weighted by atomic mass is 16.2. The third kappa shape index (κ3) is 2.33. The number of likely N-dealkylation sites (tertiary alicyclic amines) is 1. The second kappa shape index (κ2) is 5.11. The van der Waals surface area contributed by atoms with Crippen molar-refractivity contribution in [1.29, 1.82) is 0 Å². The molecule has 3 rings (SSSR count). The number of amides is 1. The van der Waals surface area contributed by atoms with Gasteiger partial charge < -0.3 is 4.90 Å². The van der Waals surface area contributed by atoms with Gasteiger partial charge in [-0.15, -0.1) is 0 Å². The zero-order chi connectivity index (χ0) is 14.1. The summed E-state index contributed by atoms with van der Waals surface area (Å²) >= 11 is 0. The summed E-state index contributed by atoms with van der Waals surface area (Å²) in [5, 5.41) is 11.1. The Bertz CT molecular complexity index is 615. The minimum absolute atomic E-state index is 0.0719. The van der Waals surface area contributed by atoms with Crippen molar-refractivity contribution in [3.05, 3.63) is 35.4 Å². The highest BCUT2D eigenvalue weighted by Gasteiger charge is 2.30. The molecule has 0 saturated carbocycles. The average Bonchev–Trinajstić information content (AvgIpc) is 3.11. The van der Waals surface area contributed by atoms with Crippen molar-refractivity contribution in [2.45, 2.75) is 39.3 Å². The predicted molar refractivity (Wildman–Crippen MR) is 74.3 cm³/mol. The van der Waals surface area contributed by atoms with Crippen LogP contribution < -0.4 is 0 Å². The molecule has 0 unspecified atom stereocenters.